The first-order valence-electron chi connectivity index (χ1n) is 6.64. The van der Waals surface area contributed by atoms with Crippen molar-refractivity contribution in [2.24, 2.45) is 0 Å². The van der Waals surface area contributed by atoms with Gasteiger partial charge in [-0.1, -0.05) is 17.7 Å². The number of nitrogens with one attached hydrogen (secondary N) is 1. The van der Waals surface area contributed by atoms with Crippen LogP contribution in [0.3, 0.4) is 0 Å². The number of rotatable bonds is 5. The van der Waals surface area contributed by atoms with Gasteiger partial charge in [0.15, 0.2) is 0 Å². The Balaban J connectivity index is 2.99. The van der Waals surface area contributed by atoms with Crippen LogP contribution in [-0.2, 0) is 9.59 Å². The van der Waals surface area contributed by atoms with E-state index in [1.807, 2.05) is 32.0 Å². The molecule has 0 fully saturated rings. The zero-order chi connectivity index (χ0) is 16.2. The minimum absolute atomic E-state index is 0.0379. The molecule has 5 heteroatoms. The third kappa shape index (κ3) is 4.08. The van der Waals surface area contributed by atoms with Crippen LogP contribution in [0.2, 0.25) is 0 Å². The van der Waals surface area contributed by atoms with Gasteiger partial charge in [0.1, 0.15) is 5.75 Å². The van der Waals surface area contributed by atoms with Crippen LogP contribution in [0, 0.1) is 6.92 Å². The van der Waals surface area contributed by atoms with Crippen molar-refractivity contribution >= 4 is 11.9 Å². The first-order valence-corrected chi connectivity index (χ1v) is 6.64. The van der Waals surface area contributed by atoms with E-state index in [0.717, 1.165) is 11.1 Å². The maximum Gasteiger partial charge on any atom is 0.331 e. The molecule has 0 spiro atoms. The predicted octanol–water partition coefficient (Wildman–Crippen LogP) is 2.60. The molecule has 2 N–H and O–H groups in total. The summed E-state index contributed by atoms with van der Waals surface area (Å²) in [5.41, 5.74) is 2.14. The number of ether oxygens (including phenoxy) is 1. The Bertz CT molecular complexity index is 590. The van der Waals surface area contributed by atoms with Gasteiger partial charge in [-0.05, 0) is 33.8 Å². The molecule has 0 saturated carbocycles. The number of hydrogen-bond donors (Lipinski definition) is 2. The van der Waals surface area contributed by atoms with E-state index in [9.17, 15) is 9.59 Å². The van der Waals surface area contributed by atoms with Gasteiger partial charge in [0.05, 0.1) is 13.2 Å². The molecule has 0 radical (unpaired) electrons. The maximum atomic E-state index is 12.1. The molecular weight excluding hydrogens is 270 g/mol. The van der Waals surface area contributed by atoms with Crippen molar-refractivity contribution in [3.05, 3.63) is 40.5 Å². The molecule has 1 unspecified atom stereocenters. The second-order valence-corrected chi connectivity index (χ2v) is 5.00. The number of carboxylic acid groups (broad SMARTS) is 1. The zero-order valence-electron chi connectivity index (χ0n) is 13.0. The van der Waals surface area contributed by atoms with E-state index in [4.69, 9.17) is 9.84 Å². The molecule has 21 heavy (non-hydrogen) atoms. The van der Waals surface area contributed by atoms with E-state index in [1.54, 1.807) is 7.11 Å². The maximum absolute atomic E-state index is 12.1. The van der Waals surface area contributed by atoms with E-state index in [-0.39, 0.29) is 17.2 Å². The molecular formula is C16H21NO4. The predicted molar refractivity (Wildman–Crippen MR) is 80.3 cm³/mol. The highest BCUT2D eigenvalue weighted by molar-refractivity contribution is 6.01. The fourth-order valence-electron chi connectivity index (χ4n) is 1.91. The summed E-state index contributed by atoms with van der Waals surface area (Å²) in [6.07, 6.45) is 0. The fraction of sp³-hybridized carbons (Fsp3) is 0.375. The van der Waals surface area contributed by atoms with Gasteiger partial charge in [-0.3, -0.25) is 4.79 Å². The van der Waals surface area contributed by atoms with Crippen molar-refractivity contribution in [1.29, 1.82) is 0 Å². The lowest BCUT2D eigenvalue weighted by Gasteiger charge is -2.18. The van der Waals surface area contributed by atoms with Crippen molar-refractivity contribution in [3.63, 3.8) is 0 Å². The Morgan fingerprint density at radius 2 is 1.86 bits per heavy atom. The van der Waals surface area contributed by atoms with Gasteiger partial charge >= 0.3 is 5.97 Å². The molecule has 1 atom stereocenters. The van der Waals surface area contributed by atoms with Crippen molar-refractivity contribution in [2.45, 2.75) is 33.7 Å². The minimum Gasteiger partial charge on any atom is -0.496 e. The van der Waals surface area contributed by atoms with Crippen molar-refractivity contribution in [2.75, 3.05) is 7.11 Å². The highest BCUT2D eigenvalue weighted by Crippen LogP contribution is 2.26. The molecule has 0 aliphatic rings. The molecule has 5 nitrogen and oxygen atoms in total. The number of benzene rings is 1. The van der Waals surface area contributed by atoms with Gasteiger partial charge in [-0.15, -0.1) is 0 Å². The van der Waals surface area contributed by atoms with E-state index in [2.05, 4.69) is 5.32 Å². The Kier molecular flexibility index (Phi) is 5.52. The number of carboxylic acids is 1. The fourth-order valence-corrected chi connectivity index (χ4v) is 1.91. The zero-order valence-corrected chi connectivity index (χ0v) is 13.0. The summed E-state index contributed by atoms with van der Waals surface area (Å²) < 4.78 is 5.29. The standard InChI is InChI=1S/C16H21NO4/c1-9-6-7-14(21-5)13(8-9)12(4)17-15(18)10(2)11(3)16(19)20/h6-8,12H,1-5H3,(H,17,18)(H,19,20). The number of carbonyl (C=O) groups is 2. The number of aliphatic carboxylic acids is 1. The number of amides is 1. The van der Waals surface area contributed by atoms with Crippen LogP contribution in [0.15, 0.2) is 29.3 Å². The summed E-state index contributed by atoms with van der Waals surface area (Å²) in [6.45, 7) is 6.70. The Morgan fingerprint density at radius 3 is 2.38 bits per heavy atom. The lowest BCUT2D eigenvalue weighted by Crippen LogP contribution is -2.28. The molecule has 0 aromatic heterocycles. The largest absolute Gasteiger partial charge is 0.496 e. The summed E-state index contributed by atoms with van der Waals surface area (Å²) in [5.74, 6) is -0.806. The first-order chi connectivity index (χ1) is 9.77. The highest BCUT2D eigenvalue weighted by Gasteiger charge is 2.17. The molecule has 1 aromatic carbocycles. The normalized spacial score (nSPS) is 13.2. The van der Waals surface area contributed by atoms with Gasteiger partial charge in [-0.25, -0.2) is 4.79 Å². The number of aryl methyl sites for hydroxylation is 1. The van der Waals surface area contributed by atoms with Crippen LogP contribution >= 0.6 is 0 Å². The molecule has 114 valence electrons. The number of carbonyl (C=O) groups excluding carboxylic acids is 1. The lowest BCUT2D eigenvalue weighted by molar-refractivity contribution is -0.133. The Labute approximate surface area is 124 Å². The Morgan fingerprint density at radius 1 is 1.24 bits per heavy atom. The van der Waals surface area contributed by atoms with Gasteiger partial charge in [-0.2, -0.15) is 0 Å². The number of methoxy groups -OCH3 is 1. The molecule has 0 heterocycles. The molecule has 0 bridgehead atoms. The first kappa shape index (κ1) is 16.8. The van der Waals surface area contributed by atoms with Gasteiger partial charge in [0, 0.05) is 16.7 Å². The summed E-state index contributed by atoms with van der Waals surface area (Å²) in [6, 6.07) is 5.42. The second kappa shape index (κ2) is 6.92. The molecule has 0 aliphatic carbocycles. The van der Waals surface area contributed by atoms with E-state index in [0.29, 0.717) is 5.75 Å². The van der Waals surface area contributed by atoms with Gasteiger partial charge in [0.25, 0.3) is 0 Å². The summed E-state index contributed by atoms with van der Waals surface area (Å²) in [7, 11) is 1.57. The molecule has 1 aromatic rings. The lowest BCUT2D eigenvalue weighted by atomic mass is 10.0. The Hall–Kier alpha value is -2.30. The smallest absolute Gasteiger partial charge is 0.331 e. The van der Waals surface area contributed by atoms with Crippen LogP contribution in [0.4, 0.5) is 0 Å². The third-order valence-electron chi connectivity index (χ3n) is 3.42. The second-order valence-electron chi connectivity index (χ2n) is 5.00. The van der Waals surface area contributed by atoms with Crippen molar-refractivity contribution < 1.29 is 19.4 Å². The molecule has 0 saturated heterocycles. The monoisotopic (exact) mass is 291 g/mol. The van der Waals surface area contributed by atoms with Crippen molar-refractivity contribution in [3.8, 4) is 5.75 Å². The summed E-state index contributed by atoms with van der Waals surface area (Å²) >= 11 is 0. The topological polar surface area (TPSA) is 75.6 Å². The average Bonchev–Trinajstić information content (AvgIpc) is 2.45. The minimum atomic E-state index is -1.09. The van der Waals surface area contributed by atoms with Crippen molar-refractivity contribution in [1.82, 2.24) is 5.32 Å². The van der Waals surface area contributed by atoms with Crippen LogP contribution in [0.1, 0.15) is 37.9 Å². The van der Waals surface area contributed by atoms with Crippen LogP contribution in [0.5, 0.6) is 5.75 Å². The SMILES string of the molecule is COc1ccc(C)cc1C(C)NC(=O)C(C)=C(C)C(=O)O. The van der Waals surface area contributed by atoms with Crippen LogP contribution in [0.25, 0.3) is 0 Å². The third-order valence-corrected chi connectivity index (χ3v) is 3.42. The van der Waals surface area contributed by atoms with Gasteiger partial charge in [0.2, 0.25) is 5.91 Å². The van der Waals surface area contributed by atoms with E-state index in [1.165, 1.54) is 13.8 Å². The van der Waals surface area contributed by atoms with E-state index >= 15 is 0 Å². The van der Waals surface area contributed by atoms with Crippen LogP contribution < -0.4 is 10.1 Å². The molecule has 1 rings (SSSR count). The molecule has 1 amide bonds. The molecule has 0 aliphatic heterocycles. The summed E-state index contributed by atoms with van der Waals surface area (Å²) in [4.78, 5) is 23.0. The van der Waals surface area contributed by atoms with E-state index < -0.39 is 11.9 Å². The summed E-state index contributed by atoms with van der Waals surface area (Å²) in [5, 5.41) is 11.7. The number of hydrogen-bond acceptors (Lipinski definition) is 3. The average molecular weight is 291 g/mol. The quantitative estimate of drug-likeness (QED) is 0.818. The van der Waals surface area contributed by atoms with Gasteiger partial charge < -0.3 is 15.2 Å². The van der Waals surface area contributed by atoms with Crippen LogP contribution in [-0.4, -0.2) is 24.1 Å². The highest BCUT2D eigenvalue weighted by atomic mass is 16.5.